The van der Waals surface area contributed by atoms with Gasteiger partial charge >= 0.3 is 5.97 Å². The van der Waals surface area contributed by atoms with E-state index >= 15 is 0 Å². The maximum absolute atomic E-state index is 12.2. The monoisotopic (exact) mass is 327 g/mol. The van der Waals surface area contributed by atoms with Crippen LogP contribution in [-0.2, 0) is 25.5 Å². The van der Waals surface area contributed by atoms with E-state index in [-0.39, 0.29) is 5.91 Å². The molecule has 3 rings (SSSR count). The van der Waals surface area contributed by atoms with Gasteiger partial charge in [0.1, 0.15) is 12.1 Å². The standard InChI is InChI=1S/C19H21NO4/c1-23-19(22)16(20-18(21)17-7-4-10-24-17)12-13-8-9-14-5-2-3-6-15(14)11-13/h2-3,5-6,8-9,11,16-17H,4,7,10,12H2,1H3,(H,20,21)/t16-,17+/m1/s1. The summed E-state index contributed by atoms with van der Waals surface area (Å²) in [4.78, 5) is 24.3. The molecule has 1 amide bonds. The average Bonchev–Trinajstić information content (AvgIpc) is 3.15. The van der Waals surface area contributed by atoms with Crippen LogP contribution >= 0.6 is 0 Å². The fraction of sp³-hybridized carbons (Fsp3) is 0.368. The second-order valence-corrected chi connectivity index (χ2v) is 5.97. The molecule has 1 aliphatic heterocycles. The predicted molar refractivity (Wildman–Crippen MR) is 90.6 cm³/mol. The lowest BCUT2D eigenvalue weighted by Gasteiger charge is -2.19. The van der Waals surface area contributed by atoms with Crippen molar-refractivity contribution in [3.63, 3.8) is 0 Å². The van der Waals surface area contributed by atoms with Crippen LogP contribution in [0.1, 0.15) is 18.4 Å². The molecule has 1 aliphatic rings. The lowest BCUT2D eigenvalue weighted by atomic mass is 10.0. The molecule has 1 N–H and O–H groups in total. The van der Waals surface area contributed by atoms with Gasteiger partial charge in [0.05, 0.1) is 7.11 Å². The van der Waals surface area contributed by atoms with Gasteiger partial charge in [0.25, 0.3) is 0 Å². The highest BCUT2D eigenvalue weighted by Crippen LogP contribution is 2.17. The predicted octanol–water partition coefficient (Wildman–Crippen LogP) is 2.22. The van der Waals surface area contributed by atoms with Crippen LogP contribution in [0.3, 0.4) is 0 Å². The number of hydrogen-bond donors (Lipinski definition) is 1. The summed E-state index contributed by atoms with van der Waals surface area (Å²) in [5.41, 5.74) is 0.969. The molecule has 0 saturated carbocycles. The van der Waals surface area contributed by atoms with Crippen molar-refractivity contribution in [1.29, 1.82) is 0 Å². The van der Waals surface area contributed by atoms with E-state index < -0.39 is 18.1 Å². The van der Waals surface area contributed by atoms with Gasteiger partial charge in [0.2, 0.25) is 5.91 Å². The number of benzene rings is 2. The average molecular weight is 327 g/mol. The van der Waals surface area contributed by atoms with Gasteiger partial charge in [0, 0.05) is 13.0 Å². The fourth-order valence-corrected chi connectivity index (χ4v) is 2.99. The first-order valence-electron chi connectivity index (χ1n) is 8.15. The molecular weight excluding hydrogens is 306 g/mol. The second kappa shape index (κ2) is 7.45. The van der Waals surface area contributed by atoms with Gasteiger partial charge in [-0.15, -0.1) is 0 Å². The third-order valence-corrected chi connectivity index (χ3v) is 4.28. The first kappa shape index (κ1) is 16.5. The Labute approximate surface area is 140 Å². The summed E-state index contributed by atoms with van der Waals surface area (Å²) in [6, 6.07) is 13.3. The van der Waals surface area contributed by atoms with E-state index in [1.807, 2.05) is 42.5 Å². The molecule has 1 fully saturated rings. The van der Waals surface area contributed by atoms with E-state index in [2.05, 4.69) is 5.32 Å². The Hall–Kier alpha value is -2.40. The maximum atomic E-state index is 12.2. The normalized spacial score (nSPS) is 18.3. The number of hydrogen-bond acceptors (Lipinski definition) is 4. The lowest BCUT2D eigenvalue weighted by molar-refractivity contribution is -0.146. The van der Waals surface area contributed by atoms with E-state index in [4.69, 9.17) is 9.47 Å². The minimum atomic E-state index is -0.715. The minimum absolute atomic E-state index is 0.247. The Morgan fingerprint density at radius 3 is 2.75 bits per heavy atom. The molecule has 1 saturated heterocycles. The first-order valence-corrected chi connectivity index (χ1v) is 8.15. The molecule has 0 aliphatic carbocycles. The van der Waals surface area contributed by atoms with Crippen LogP contribution in [0, 0.1) is 0 Å². The number of carbonyl (C=O) groups excluding carboxylic acids is 2. The van der Waals surface area contributed by atoms with Gasteiger partial charge < -0.3 is 14.8 Å². The van der Waals surface area contributed by atoms with Crippen molar-refractivity contribution in [1.82, 2.24) is 5.32 Å². The fourth-order valence-electron chi connectivity index (χ4n) is 2.99. The Morgan fingerprint density at radius 2 is 2.04 bits per heavy atom. The molecule has 5 nitrogen and oxygen atoms in total. The summed E-state index contributed by atoms with van der Waals surface area (Å²) in [6.07, 6.45) is 1.48. The SMILES string of the molecule is COC(=O)[C@@H](Cc1ccc2ccccc2c1)NC(=O)[C@@H]1CCCO1. The van der Waals surface area contributed by atoms with Crippen LogP contribution in [0.5, 0.6) is 0 Å². The third kappa shape index (κ3) is 3.74. The van der Waals surface area contributed by atoms with Crippen LogP contribution in [0.15, 0.2) is 42.5 Å². The Morgan fingerprint density at radius 1 is 1.25 bits per heavy atom. The van der Waals surface area contributed by atoms with Crippen molar-refractivity contribution in [2.75, 3.05) is 13.7 Å². The van der Waals surface area contributed by atoms with Crippen LogP contribution in [0.25, 0.3) is 10.8 Å². The van der Waals surface area contributed by atoms with Gasteiger partial charge in [-0.05, 0) is 29.2 Å². The second-order valence-electron chi connectivity index (χ2n) is 5.97. The number of fused-ring (bicyclic) bond motifs is 1. The lowest BCUT2D eigenvalue weighted by Crippen LogP contribution is -2.47. The summed E-state index contributed by atoms with van der Waals surface area (Å²) < 4.78 is 10.2. The number of ether oxygens (including phenoxy) is 2. The zero-order chi connectivity index (χ0) is 16.9. The van der Waals surface area contributed by atoms with E-state index in [9.17, 15) is 9.59 Å². The number of carbonyl (C=O) groups is 2. The van der Waals surface area contributed by atoms with Crippen molar-refractivity contribution in [3.8, 4) is 0 Å². The highest BCUT2D eigenvalue weighted by Gasteiger charge is 2.29. The quantitative estimate of drug-likeness (QED) is 0.855. The smallest absolute Gasteiger partial charge is 0.328 e. The number of rotatable bonds is 5. The highest BCUT2D eigenvalue weighted by molar-refractivity contribution is 5.87. The molecule has 5 heteroatoms. The Bertz CT molecular complexity index is 737. The van der Waals surface area contributed by atoms with Gasteiger partial charge in [0.15, 0.2) is 0 Å². The summed E-state index contributed by atoms with van der Waals surface area (Å²) in [7, 11) is 1.33. The molecule has 1 heterocycles. The maximum Gasteiger partial charge on any atom is 0.328 e. The zero-order valence-electron chi connectivity index (χ0n) is 13.7. The Balaban J connectivity index is 1.75. The first-order chi connectivity index (χ1) is 11.7. The van der Waals surface area contributed by atoms with Crippen LogP contribution in [0.4, 0.5) is 0 Å². The molecule has 24 heavy (non-hydrogen) atoms. The molecule has 2 aromatic carbocycles. The number of esters is 1. The number of amides is 1. The molecule has 126 valence electrons. The van der Waals surface area contributed by atoms with Crippen molar-refractivity contribution >= 4 is 22.6 Å². The summed E-state index contributed by atoms with van der Waals surface area (Å²) in [5.74, 6) is -0.696. The summed E-state index contributed by atoms with van der Waals surface area (Å²) in [5, 5.41) is 5.01. The topological polar surface area (TPSA) is 64.6 Å². The molecule has 0 aromatic heterocycles. The van der Waals surface area contributed by atoms with Crippen LogP contribution < -0.4 is 5.32 Å². The molecule has 2 atom stereocenters. The Kier molecular flexibility index (Phi) is 5.11. The number of nitrogens with one attached hydrogen (secondary N) is 1. The number of methoxy groups -OCH3 is 1. The van der Waals surface area contributed by atoms with Crippen LogP contribution in [0.2, 0.25) is 0 Å². The van der Waals surface area contributed by atoms with Gasteiger partial charge in [-0.2, -0.15) is 0 Å². The van der Waals surface area contributed by atoms with Crippen molar-refractivity contribution in [2.45, 2.75) is 31.4 Å². The molecular formula is C19H21NO4. The van der Waals surface area contributed by atoms with E-state index in [0.29, 0.717) is 19.4 Å². The van der Waals surface area contributed by atoms with Crippen LogP contribution in [-0.4, -0.2) is 37.7 Å². The summed E-state index contributed by atoms with van der Waals surface area (Å²) >= 11 is 0. The zero-order valence-corrected chi connectivity index (χ0v) is 13.7. The molecule has 2 aromatic rings. The largest absolute Gasteiger partial charge is 0.467 e. The van der Waals surface area contributed by atoms with Crippen molar-refractivity contribution < 1.29 is 19.1 Å². The van der Waals surface area contributed by atoms with Gasteiger partial charge in [-0.25, -0.2) is 4.79 Å². The molecule has 0 radical (unpaired) electrons. The third-order valence-electron chi connectivity index (χ3n) is 4.28. The molecule has 0 spiro atoms. The summed E-state index contributed by atoms with van der Waals surface area (Å²) in [6.45, 7) is 0.589. The molecule has 0 bridgehead atoms. The van der Waals surface area contributed by atoms with Gasteiger partial charge in [-0.1, -0.05) is 42.5 Å². The van der Waals surface area contributed by atoms with E-state index in [0.717, 1.165) is 22.8 Å². The van der Waals surface area contributed by atoms with E-state index in [1.165, 1.54) is 7.11 Å². The van der Waals surface area contributed by atoms with Crippen molar-refractivity contribution in [2.24, 2.45) is 0 Å². The van der Waals surface area contributed by atoms with E-state index in [1.54, 1.807) is 0 Å². The minimum Gasteiger partial charge on any atom is -0.467 e. The molecule has 0 unspecified atom stereocenters. The highest BCUT2D eigenvalue weighted by atomic mass is 16.5. The van der Waals surface area contributed by atoms with Gasteiger partial charge in [-0.3, -0.25) is 4.79 Å². The van der Waals surface area contributed by atoms with Crippen molar-refractivity contribution in [3.05, 3.63) is 48.0 Å².